The fourth-order valence-electron chi connectivity index (χ4n) is 1.45. The van der Waals surface area contributed by atoms with Crippen molar-refractivity contribution in [1.82, 2.24) is 0 Å². The van der Waals surface area contributed by atoms with Crippen LogP contribution in [0.2, 0.25) is 0 Å². The molecule has 0 spiro atoms. The summed E-state index contributed by atoms with van der Waals surface area (Å²) >= 11 is 0. The molecule has 1 rings (SSSR count). The molecule has 1 aliphatic carbocycles. The second kappa shape index (κ2) is 3.56. The third-order valence-corrected chi connectivity index (χ3v) is 1.97. The van der Waals surface area contributed by atoms with Crippen LogP contribution in [-0.4, -0.2) is 5.97 Å². The van der Waals surface area contributed by atoms with Gasteiger partial charge in [0.25, 0.3) is 0 Å². The largest absolute Gasteiger partial charge is 0.431 e. The average molecular weight is 154 g/mol. The van der Waals surface area contributed by atoms with Crippen molar-refractivity contribution >= 4 is 5.97 Å². The molecule has 62 valence electrons. The molecule has 0 bridgehead atoms. The Balaban J connectivity index is 2.59. The summed E-state index contributed by atoms with van der Waals surface area (Å²) in [5, 5.41) is 0. The Labute approximate surface area is 67.2 Å². The zero-order valence-corrected chi connectivity index (χ0v) is 7.14. The highest BCUT2D eigenvalue weighted by Crippen LogP contribution is 2.28. The van der Waals surface area contributed by atoms with E-state index < -0.39 is 0 Å². The van der Waals surface area contributed by atoms with Crippen molar-refractivity contribution in [1.29, 1.82) is 0 Å². The van der Waals surface area contributed by atoms with Gasteiger partial charge in [0, 0.05) is 13.3 Å². The maximum Gasteiger partial charge on any atom is 0.307 e. The molecule has 0 radical (unpaired) electrons. The van der Waals surface area contributed by atoms with Gasteiger partial charge >= 0.3 is 5.97 Å². The van der Waals surface area contributed by atoms with E-state index in [1.54, 1.807) is 0 Å². The first-order valence-electron chi connectivity index (χ1n) is 4.13. The number of allylic oxidation sites excluding steroid dienone is 2. The van der Waals surface area contributed by atoms with Crippen molar-refractivity contribution in [2.24, 2.45) is 0 Å². The van der Waals surface area contributed by atoms with E-state index in [2.05, 4.69) is 6.92 Å². The van der Waals surface area contributed by atoms with Gasteiger partial charge < -0.3 is 4.74 Å². The third kappa shape index (κ3) is 2.07. The number of carbonyl (C=O) groups is 1. The molecule has 0 unspecified atom stereocenters. The van der Waals surface area contributed by atoms with Crippen LogP contribution >= 0.6 is 0 Å². The van der Waals surface area contributed by atoms with E-state index in [1.165, 1.54) is 12.5 Å². The topological polar surface area (TPSA) is 26.3 Å². The number of hydrogen-bond acceptors (Lipinski definition) is 2. The van der Waals surface area contributed by atoms with E-state index in [1.807, 2.05) is 0 Å². The van der Waals surface area contributed by atoms with Gasteiger partial charge in [-0.1, -0.05) is 6.92 Å². The molecule has 0 aromatic rings. The molecular formula is C9H14O2. The second-order valence-electron chi connectivity index (χ2n) is 2.83. The van der Waals surface area contributed by atoms with Crippen LogP contribution in [0.1, 0.15) is 39.5 Å². The number of rotatable bonds is 2. The van der Waals surface area contributed by atoms with Gasteiger partial charge in [-0.2, -0.15) is 0 Å². The van der Waals surface area contributed by atoms with Crippen LogP contribution < -0.4 is 0 Å². The van der Waals surface area contributed by atoms with Gasteiger partial charge in [0.1, 0.15) is 5.76 Å². The second-order valence-corrected chi connectivity index (χ2v) is 2.83. The van der Waals surface area contributed by atoms with Crippen molar-refractivity contribution in [3.8, 4) is 0 Å². The Kier molecular flexibility index (Phi) is 2.69. The molecule has 0 saturated carbocycles. The van der Waals surface area contributed by atoms with Crippen LogP contribution in [0.15, 0.2) is 11.3 Å². The summed E-state index contributed by atoms with van der Waals surface area (Å²) in [6.07, 6.45) is 4.22. The molecule has 1 aliphatic rings. The van der Waals surface area contributed by atoms with E-state index in [9.17, 15) is 4.79 Å². The van der Waals surface area contributed by atoms with Gasteiger partial charge in [-0.05, 0) is 24.8 Å². The van der Waals surface area contributed by atoms with Crippen LogP contribution in [0.5, 0.6) is 0 Å². The average Bonchev–Trinajstić information content (AvgIpc) is 2.34. The van der Waals surface area contributed by atoms with Crippen molar-refractivity contribution in [2.75, 3.05) is 0 Å². The van der Waals surface area contributed by atoms with E-state index >= 15 is 0 Å². The van der Waals surface area contributed by atoms with Crippen molar-refractivity contribution < 1.29 is 9.53 Å². The summed E-state index contributed by atoms with van der Waals surface area (Å²) in [6, 6.07) is 0. The first-order valence-corrected chi connectivity index (χ1v) is 4.13. The highest BCUT2D eigenvalue weighted by Gasteiger charge is 2.15. The molecule has 0 heterocycles. The number of hydrogen-bond donors (Lipinski definition) is 0. The summed E-state index contributed by atoms with van der Waals surface area (Å²) in [4.78, 5) is 10.6. The van der Waals surface area contributed by atoms with Crippen molar-refractivity contribution in [3.63, 3.8) is 0 Å². The fourth-order valence-corrected chi connectivity index (χ4v) is 1.45. The summed E-state index contributed by atoms with van der Waals surface area (Å²) in [7, 11) is 0. The molecule has 2 nitrogen and oxygen atoms in total. The maximum atomic E-state index is 10.6. The Morgan fingerprint density at radius 3 is 2.82 bits per heavy atom. The van der Waals surface area contributed by atoms with Gasteiger partial charge in [-0.15, -0.1) is 0 Å². The standard InChI is InChI=1S/C9H14O2/c1-3-8-5-4-6-9(8)11-7(2)10/h3-6H2,1-2H3. The molecule has 0 fully saturated rings. The molecule has 0 aromatic carbocycles. The van der Waals surface area contributed by atoms with Crippen LogP contribution in [-0.2, 0) is 9.53 Å². The van der Waals surface area contributed by atoms with Crippen LogP contribution in [0.4, 0.5) is 0 Å². The SMILES string of the molecule is CCC1=C(OC(C)=O)CCC1. The summed E-state index contributed by atoms with van der Waals surface area (Å²) in [5.41, 5.74) is 1.32. The quantitative estimate of drug-likeness (QED) is 0.571. The monoisotopic (exact) mass is 154 g/mol. The molecule has 0 aromatic heterocycles. The van der Waals surface area contributed by atoms with Gasteiger partial charge in [-0.3, -0.25) is 4.79 Å². The Morgan fingerprint density at radius 1 is 1.55 bits per heavy atom. The smallest absolute Gasteiger partial charge is 0.307 e. The van der Waals surface area contributed by atoms with E-state index in [4.69, 9.17) is 4.74 Å². The molecule has 11 heavy (non-hydrogen) atoms. The lowest BCUT2D eigenvalue weighted by molar-refractivity contribution is -0.137. The van der Waals surface area contributed by atoms with Crippen LogP contribution in [0.25, 0.3) is 0 Å². The maximum absolute atomic E-state index is 10.6. The Morgan fingerprint density at radius 2 is 2.27 bits per heavy atom. The predicted molar refractivity (Wildman–Crippen MR) is 42.9 cm³/mol. The summed E-state index contributed by atoms with van der Waals surface area (Å²) < 4.78 is 5.06. The molecule has 0 saturated heterocycles. The predicted octanol–water partition coefficient (Wildman–Crippen LogP) is 2.40. The first kappa shape index (κ1) is 8.31. The minimum Gasteiger partial charge on any atom is -0.431 e. The van der Waals surface area contributed by atoms with Gasteiger partial charge in [0.2, 0.25) is 0 Å². The summed E-state index contributed by atoms with van der Waals surface area (Å²) in [6.45, 7) is 3.56. The molecule has 0 N–H and O–H groups in total. The molecular weight excluding hydrogens is 140 g/mol. The van der Waals surface area contributed by atoms with Gasteiger partial charge in [0.15, 0.2) is 0 Å². The zero-order valence-electron chi connectivity index (χ0n) is 7.14. The Bertz CT molecular complexity index is 192. The molecule has 0 aliphatic heterocycles. The lowest BCUT2D eigenvalue weighted by Gasteiger charge is -2.03. The van der Waals surface area contributed by atoms with Gasteiger partial charge in [-0.25, -0.2) is 0 Å². The van der Waals surface area contributed by atoms with Crippen molar-refractivity contribution in [2.45, 2.75) is 39.5 Å². The highest BCUT2D eigenvalue weighted by molar-refractivity contribution is 5.67. The van der Waals surface area contributed by atoms with Crippen LogP contribution in [0.3, 0.4) is 0 Å². The molecule has 0 amide bonds. The first-order chi connectivity index (χ1) is 5.24. The lowest BCUT2D eigenvalue weighted by Crippen LogP contribution is -1.98. The third-order valence-electron chi connectivity index (χ3n) is 1.97. The normalized spacial score (nSPS) is 17.3. The number of ether oxygens (including phenoxy) is 1. The van der Waals surface area contributed by atoms with Crippen molar-refractivity contribution in [3.05, 3.63) is 11.3 Å². The number of esters is 1. The van der Waals surface area contributed by atoms with E-state index in [-0.39, 0.29) is 5.97 Å². The molecule has 2 heteroatoms. The van der Waals surface area contributed by atoms with Crippen LogP contribution in [0, 0.1) is 0 Å². The zero-order chi connectivity index (χ0) is 8.27. The minimum atomic E-state index is -0.187. The fraction of sp³-hybridized carbons (Fsp3) is 0.667. The number of carbonyl (C=O) groups excluding carboxylic acids is 1. The highest BCUT2D eigenvalue weighted by atomic mass is 16.5. The van der Waals surface area contributed by atoms with E-state index in [0.29, 0.717) is 0 Å². The summed E-state index contributed by atoms with van der Waals surface area (Å²) in [5.74, 6) is 0.743. The molecule has 0 atom stereocenters. The van der Waals surface area contributed by atoms with Gasteiger partial charge in [0.05, 0.1) is 0 Å². The minimum absolute atomic E-state index is 0.187. The Hall–Kier alpha value is -0.790. The lowest BCUT2D eigenvalue weighted by atomic mass is 10.2. The van der Waals surface area contributed by atoms with E-state index in [0.717, 1.165) is 31.4 Å².